The smallest absolute Gasteiger partial charge is 0.308 e. The molecule has 6 heteroatoms. The molecule has 0 spiro atoms. The van der Waals surface area contributed by atoms with Crippen LogP contribution < -0.4 is 10.1 Å². The molecule has 0 saturated heterocycles. The lowest BCUT2D eigenvalue weighted by atomic mass is 9.98. The maximum atomic E-state index is 12.4. The van der Waals surface area contributed by atoms with Crippen LogP contribution in [0.3, 0.4) is 0 Å². The summed E-state index contributed by atoms with van der Waals surface area (Å²) in [6, 6.07) is 15.2. The zero-order valence-corrected chi connectivity index (χ0v) is 16.6. The number of benzene rings is 2. The molecular weight excluding hydrogens is 362 g/mol. The van der Waals surface area contributed by atoms with Crippen molar-refractivity contribution in [1.29, 1.82) is 0 Å². The molecule has 0 aliphatic rings. The summed E-state index contributed by atoms with van der Waals surface area (Å²) in [6.07, 6.45) is 0.386. The summed E-state index contributed by atoms with van der Waals surface area (Å²) in [5.41, 5.74) is 2.04. The molecular formula is C21H25NO4S. The van der Waals surface area contributed by atoms with Crippen LogP contribution in [0.5, 0.6) is 5.75 Å². The quantitative estimate of drug-likeness (QED) is 0.644. The number of carbonyl (C=O) groups is 2. The molecule has 0 aromatic heterocycles. The minimum absolute atomic E-state index is 0.107. The van der Waals surface area contributed by atoms with Gasteiger partial charge in [-0.05, 0) is 50.1 Å². The average Bonchev–Trinajstić information content (AvgIpc) is 2.65. The van der Waals surface area contributed by atoms with E-state index in [2.05, 4.69) is 5.32 Å². The summed E-state index contributed by atoms with van der Waals surface area (Å²) < 4.78 is 5.12. The molecule has 2 unspecified atom stereocenters. The van der Waals surface area contributed by atoms with E-state index in [0.29, 0.717) is 6.42 Å². The van der Waals surface area contributed by atoms with Crippen LogP contribution >= 0.6 is 11.8 Å². The van der Waals surface area contributed by atoms with Gasteiger partial charge in [0.05, 0.1) is 18.3 Å². The van der Waals surface area contributed by atoms with Crippen molar-refractivity contribution in [3.05, 3.63) is 59.7 Å². The van der Waals surface area contributed by atoms with Gasteiger partial charge in [-0.25, -0.2) is 0 Å². The number of methoxy groups -OCH3 is 1. The summed E-state index contributed by atoms with van der Waals surface area (Å²) >= 11 is 1.42. The largest absolute Gasteiger partial charge is 0.497 e. The van der Waals surface area contributed by atoms with Crippen molar-refractivity contribution in [3.63, 3.8) is 0 Å². The molecule has 0 heterocycles. The number of hydrogen-bond donors (Lipinski definition) is 2. The van der Waals surface area contributed by atoms with Crippen molar-refractivity contribution in [2.24, 2.45) is 5.92 Å². The third kappa shape index (κ3) is 6.64. The Bertz CT molecular complexity index is 776. The van der Waals surface area contributed by atoms with Crippen molar-refractivity contribution < 1.29 is 19.4 Å². The highest BCUT2D eigenvalue weighted by molar-refractivity contribution is 8.00. The lowest BCUT2D eigenvalue weighted by molar-refractivity contribution is -0.141. The number of carboxylic acids is 1. The predicted molar refractivity (Wildman–Crippen MR) is 107 cm³/mol. The number of hydrogen-bond acceptors (Lipinski definition) is 4. The minimum Gasteiger partial charge on any atom is -0.497 e. The molecule has 1 amide bonds. The number of carboxylic acid groups (broad SMARTS) is 1. The van der Waals surface area contributed by atoms with E-state index >= 15 is 0 Å². The van der Waals surface area contributed by atoms with Crippen LogP contribution in [0.2, 0.25) is 0 Å². The Hall–Kier alpha value is -2.47. The van der Waals surface area contributed by atoms with E-state index in [1.807, 2.05) is 55.5 Å². The monoisotopic (exact) mass is 387 g/mol. The Morgan fingerprint density at radius 1 is 1.19 bits per heavy atom. The molecule has 2 rings (SSSR count). The molecule has 0 bridgehead atoms. The van der Waals surface area contributed by atoms with Crippen LogP contribution in [-0.2, 0) is 16.0 Å². The summed E-state index contributed by atoms with van der Waals surface area (Å²) in [5, 5.41) is 11.9. The highest BCUT2D eigenvalue weighted by Crippen LogP contribution is 2.25. The van der Waals surface area contributed by atoms with Gasteiger partial charge in [-0.2, -0.15) is 0 Å². The Morgan fingerprint density at radius 2 is 1.89 bits per heavy atom. The molecule has 0 saturated carbocycles. The van der Waals surface area contributed by atoms with Crippen molar-refractivity contribution in [3.8, 4) is 5.75 Å². The van der Waals surface area contributed by atoms with E-state index in [4.69, 9.17) is 4.74 Å². The van der Waals surface area contributed by atoms with E-state index in [1.165, 1.54) is 11.8 Å². The SMILES string of the molecule is COc1ccc(SC(C)C(=O)NCC(Cc2cccc(C)c2)C(=O)O)cc1. The molecule has 2 aromatic rings. The second-order valence-corrected chi connectivity index (χ2v) is 7.82. The second kappa shape index (κ2) is 10.0. The van der Waals surface area contributed by atoms with Gasteiger partial charge in [0.1, 0.15) is 5.75 Å². The molecule has 2 aromatic carbocycles. The van der Waals surface area contributed by atoms with Crippen molar-refractivity contribution >= 4 is 23.6 Å². The van der Waals surface area contributed by atoms with Crippen LogP contribution in [0, 0.1) is 12.8 Å². The second-order valence-electron chi connectivity index (χ2n) is 6.41. The maximum Gasteiger partial charge on any atom is 0.308 e. The summed E-state index contributed by atoms with van der Waals surface area (Å²) in [7, 11) is 1.61. The zero-order valence-electron chi connectivity index (χ0n) is 15.8. The predicted octanol–water partition coefficient (Wildman–Crippen LogP) is 3.54. The van der Waals surface area contributed by atoms with Crippen LogP contribution in [0.25, 0.3) is 0 Å². The number of aryl methyl sites for hydroxylation is 1. The Balaban J connectivity index is 1.89. The van der Waals surface area contributed by atoms with Gasteiger partial charge >= 0.3 is 5.97 Å². The van der Waals surface area contributed by atoms with Gasteiger partial charge < -0.3 is 15.2 Å². The highest BCUT2D eigenvalue weighted by atomic mass is 32.2. The van der Waals surface area contributed by atoms with E-state index < -0.39 is 11.9 Å². The van der Waals surface area contributed by atoms with Crippen molar-refractivity contribution in [2.75, 3.05) is 13.7 Å². The van der Waals surface area contributed by atoms with Gasteiger partial charge in [0.25, 0.3) is 0 Å². The molecule has 2 N–H and O–H groups in total. The first-order valence-corrected chi connectivity index (χ1v) is 9.63. The fraction of sp³-hybridized carbons (Fsp3) is 0.333. The molecule has 0 radical (unpaired) electrons. The van der Waals surface area contributed by atoms with Gasteiger partial charge in [0.15, 0.2) is 0 Å². The first kappa shape index (κ1) is 20.8. The van der Waals surface area contributed by atoms with E-state index in [9.17, 15) is 14.7 Å². The lowest BCUT2D eigenvalue weighted by Crippen LogP contribution is -2.37. The van der Waals surface area contributed by atoms with E-state index in [0.717, 1.165) is 21.8 Å². The van der Waals surface area contributed by atoms with E-state index in [-0.39, 0.29) is 17.7 Å². The number of aliphatic carboxylic acids is 1. The standard InChI is InChI=1S/C21H25NO4S/c1-14-5-4-6-16(11-14)12-17(21(24)25)13-22-20(23)15(2)27-19-9-7-18(26-3)8-10-19/h4-11,15,17H,12-13H2,1-3H3,(H,22,23)(H,24,25). The molecule has 144 valence electrons. The van der Waals surface area contributed by atoms with Gasteiger partial charge in [0.2, 0.25) is 5.91 Å². The first-order valence-electron chi connectivity index (χ1n) is 8.76. The summed E-state index contributed by atoms with van der Waals surface area (Å²) in [5.74, 6) is -0.982. The lowest BCUT2D eigenvalue weighted by Gasteiger charge is -2.16. The number of rotatable bonds is 9. The molecule has 5 nitrogen and oxygen atoms in total. The van der Waals surface area contributed by atoms with Crippen molar-refractivity contribution in [2.45, 2.75) is 30.4 Å². The number of amides is 1. The Labute approximate surface area is 164 Å². The maximum absolute atomic E-state index is 12.4. The molecule has 27 heavy (non-hydrogen) atoms. The molecule has 2 atom stereocenters. The van der Waals surface area contributed by atoms with Crippen LogP contribution in [0.1, 0.15) is 18.1 Å². The number of carbonyl (C=O) groups excluding carboxylic acids is 1. The van der Waals surface area contributed by atoms with Crippen molar-refractivity contribution in [1.82, 2.24) is 5.32 Å². The zero-order chi connectivity index (χ0) is 19.8. The van der Waals surface area contributed by atoms with Crippen LogP contribution in [-0.4, -0.2) is 35.9 Å². The van der Waals surface area contributed by atoms with Gasteiger partial charge in [-0.15, -0.1) is 11.8 Å². The first-order chi connectivity index (χ1) is 12.9. The Morgan fingerprint density at radius 3 is 2.48 bits per heavy atom. The van der Waals surface area contributed by atoms with Crippen LogP contribution in [0.4, 0.5) is 0 Å². The number of nitrogens with one attached hydrogen (secondary N) is 1. The number of ether oxygens (including phenoxy) is 1. The third-order valence-electron chi connectivity index (χ3n) is 4.18. The normalized spacial score (nSPS) is 12.9. The minimum atomic E-state index is -0.910. The average molecular weight is 388 g/mol. The van der Waals surface area contributed by atoms with E-state index in [1.54, 1.807) is 14.0 Å². The number of thioether (sulfide) groups is 1. The third-order valence-corrected chi connectivity index (χ3v) is 5.29. The summed E-state index contributed by atoms with van der Waals surface area (Å²) in [6.45, 7) is 3.88. The molecule has 0 aliphatic carbocycles. The van der Waals surface area contributed by atoms with Crippen LogP contribution in [0.15, 0.2) is 53.4 Å². The summed E-state index contributed by atoms with van der Waals surface area (Å²) in [4.78, 5) is 24.9. The topological polar surface area (TPSA) is 75.6 Å². The fourth-order valence-electron chi connectivity index (χ4n) is 2.65. The van der Waals surface area contributed by atoms with Gasteiger partial charge in [-0.3, -0.25) is 9.59 Å². The van der Waals surface area contributed by atoms with Gasteiger partial charge in [-0.1, -0.05) is 29.8 Å². The highest BCUT2D eigenvalue weighted by Gasteiger charge is 2.21. The fourth-order valence-corrected chi connectivity index (χ4v) is 3.54. The molecule has 0 aliphatic heterocycles. The molecule has 0 fully saturated rings. The van der Waals surface area contributed by atoms with Gasteiger partial charge in [0, 0.05) is 11.4 Å². The Kier molecular flexibility index (Phi) is 7.73.